The molecule has 0 aromatic rings. The maximum Gasteiger partial charge on any atom is 0.0462 e. The molecule has 16 heavy (non-hydrogen) atoms. The smallest absolute Gasteiger partial charge is 0.0462 e. The third-order valence-electron chi connectivity index (χ3n) is 3.34. The maximum atomic E-state index is 5.04. The van der Waals surface area contributed by atoms with Crippen LogP contribution < -0.4 is 5.32 Å². The molecular formula is C13H28N2O. The van der Waals surface area contributed by atoms with Gasteiger partial charge in [0.1, 0.15) is 0 Å². The van der Waals surface area contributed by atoms with Gasteiger partial charge in [0.05, 0.1) is 0 Å². The minimum atomic E-state index is 0.760. The fourth-order valence-electron chi connectivity index (χ4n) is 2.35. The van der Waals surface area contributed by atoms with Crippen LogP contribution in [0.2, 0.25) is 0 Å². The van der Waals surface area contributed by atoms with E-state index in [1.54, 1.807) is 7.11 Å². The minimum absolute atomic E-state index is 0.760. The molecule has 3 heteroatoms. The van der Waals surface area contributed by atoms with Crippen LogP contribution in [-0.4, -0.2) is 50.8 Å². The van der Waals surface area contributed by atoms with Crippen LogP contribution in [0.15, 0.2) is 0 Å². The molecule has 0 radical (unpaired) electrons. The third kappa shape index (κ3) is 5.83. The van der Waals surface area contributed by atoms with Crippen molar-refractivity contribution in [2.75, 3.05) is 39.9 Å². The van der Waals surface area contributed by atoms with Gasteiger partial charge in [0, 0.05) is 19.8 Å². The summed E-state index contributed by atoms with van der Waals surface area (Å²) in [5, 5.41) is 3.66. The lowest BCUT2D eigenvalue weighted by molar-refractivity contribution is 0.186. The van der Waals surface area contributed by atoms with E-state index in [1.165, 1.54) is 51.7 Å². The lowest BCUT2D eigenvalue weighted by Gasteiger charge is -2.32. The number of rotatable bonds is 8. The second kappa shape index (κ2) is 8.97. The SMILES string of the molecule is CCCN1CCC(NCCCCOC)CC1. The lowest BCUT2D eigenvalue weighted by atomic mass is 10.0. The second-order valence-electron chi connectivity index (χ2n) is 4.77. The highest BCUT2D eigenvalue weighted by Gasteiger charge is 2.17. The number of nitrogens with one attached hydrogen (secondary N) is 1. The molecule has 1 aliphatic heterocycles. The fraction of sp³-hybridized carbons (Fsp3) is 1.00. The topological polar surface area (TPSA) is 24.5 Å². The van der Waals surface area contributed by atoms with Crippen LogP contribution in [0.3, 0.4) is 0 Å². The Morgan fingerprint density at radius 1 is 1.25 bits per heavy atom. The summed E-state index contributed by atoms with van der Waals surface area (Å²) in [6.07, 6.45) is 6.35. The van der Waals surface area contributed by atoms with Crippen LogP contribution in [0.1, 0.15) is 39.0 Å². The molecule has 0 aromatic heterocycles. The predicted octanol–water partition coefficient (Wildman–Crippen LogP) is 1.88. The van der Waals surface area contributed by atoms with Gasteiger partial charge in [-0.3, -0.25) is 0 Å². The Balaban J connectivity index is 1.95. The molecule has 0 aromatic carbocycles. The highest BCUT2D eigenvalue weighted by Crippen LogP contribution is 2.10. The van der Waals surface area contributed by atoms with Crippen molar-refractivity contribution in [2.24, 2.45) is 0 Å². The van der Waals surface area contributed by atoms with E-state index in [0.29, 0.717) is 0 Å². The first-order valence-electron chi connectivity index (χ1n) is 6.81. The Morgan fingerprint density at radius 3 is 2.62 bits per heavy atom. The van der Waals surface area contributed by atoms with E-state index < -0.39 is 0 Å². The van der Waals surface area contributed by atoms with Gasteiger partial charge in [0.25, 0.3) is 0 Å². The van der Waals surface area contributed by atoms with E-state index in [9.17, 15) is 0 Å². The largest absolute Gasteiger partial charge is 0.385 e. The van der Waals surface area contributed by atoms with E-state index in [1.807, 2.05) is 0 Å². The third-order valence-corrected chi connectivity index (χ3v) is 3.34. The van der Waals surface area contributed by atoms with Gasteiger partial charge in [0.2, 0.25) is 0 Å². The van der Waals surface area contributed by atoms with Crippen molar-refractivity contribution >= 4 is 0 Å². The van der Waals surface area contributed by atoms with Crippen LogP contribution in [0.25, 0.3) is 0 Å². The molecule has 1 saturated heterocycles. The van der Waals surface area contributed by atoms with Crippen LogP contribution in [0.5, 0.6) is 0 Å². The summed E-state index contributed by atoms with van der Waals surface area (Å²) >= 11 is 0. The van der Waals surface area contributed by atoms with Crippen LogP contribution >= 0.6 is 0 Å². The van der Waals surface area contributed by atoms with Crippen molar-refractivity contribution < 1.29 is 4.74 Å². The Bertz CT molecular complexity index is 156. The van der Waals surface area contributed by atoms with Crippen molar-refractivity contribution in [2.45, 2.75) is 45.1 Å². The highest BCUT2D eigenvalue weighted by molar-refractivity contribution is 4.76. The summed E-state index contributed by atoms with van der Waals surface area (Å²) in [6.45, 7) is 8.16. The molecule has 96 valence electrons. The van der Waals surface area contributed by atoms with E-state index in [2.05, 4.69) is 17.1 Å². The van der Waals surface area contributed by atoms with E-state index >= 15 is 0 Å². The number of ether oxygens (including phenoxy) is 1. The zero-order valence-electron chi connectivity index (χ0n) is 11.0. The average Bonchev–Trinajstić information content (AvgIpc) is 2.31. The van der Waals surface area contributed by atoms with Crippen molar-refractivity contribution in [1.29, 1.82) is 0 Å². The van der Waals surface area contributed by atoms with Crippen LogP contribution in [0.4, 0.5) is 0 Å². The highest BCUT2D eigenvalue weighted by atomic mass is 16.5. The minimum Gasteiger partial charge on any atom is -0.385 e. The van der Waals surface area contributed by atoms with Crippen molar-refractivity contribution in [3.8, 4) is 0 Å². The molecule has 0 aliphatic carbocycles. The van der Waals surface area contributed by atoms with Gasteiger partial charge in [-0.15, -0.1) is 0 Å². The summed E-state index contributed by atoms with van der Waals surface area (Å²) in [6, 6.07) is 0.760. The molecule has 1 rings (SSSR count). The zero-order chi connectivity index (χ0) is 11.6. The number of nitrogens with zero attached hydrogens (tertiary/aromatic N) is 1. The van der Waals surface area contributed by atoms with Gasteiger partial charge in [-0.25, -0.2) is 0 Å². The van der Waals surface area contributed by atoms with Gasteiger partial charge < -0.3 is 15.0 Å². The van der Waals surface area contributed by atoms with Crippen molar-refractivity contribution in [3.63, 3.8) is 0 Å². The maximum absolute atomic E-state index is 5.04. The van der Waals surface area contributed by atoms with Crippen molar-refractivity contribution in [1.82, 2.24) is 10.2 Å². The fourth-order valence-corrected chi connectivity index (χ4v) is 2.35. The molecule has 0 spiro atoms. The van der Waals surface area contributed by atoms with Gasteiger partial charge in [0.15, 0.2) is 0 Å². The zero-order valence-corrected chi connectivity index (χ0v) is 11.0. The molecule has 1 N–H and O–H groups in total. The first-order valence-corrected chi connectivity index (χ1v) is 6.81. The first kappa shape index (κ1) is 13.9. The van der Waals surface area contributed by atoms with E-state index in [0.717, 1.165) is 19.2 Å². The monoisotopic (exact) mass is 228 g/mol. The lowest BCUT2D eigenvalue weighted by Crippen LogP contribution is -2.42. The molecule has 1 aliphatic rings. The first-order chi connectivity index (χ1) is 7.86. The number of hydrogen-bond acceptors (Lipinski definition) is 3. The number of hydrogen-bond donors (Lipinski definition) is 1. The normalized spacial score (nSPS) is 19.1. The summed E-state index contributed by atoms with van der Waals surface area (Å²) < 4.78 is 5.04. The molecule has 3 nitrogen and oxygen atoms in total. The average molecular weight is 228 g/mol. The molecular weight excluding hydrogens is 200 g/mol. The summed E-state index contributed by atoms with van der Waals surface area (Å²) in [4.78, 5) is 2.59. The standard InChI is InChI=1S/C13H28N2O/c1-3-9-15-10-6-13(7-11-15)14-8-4-5-12-16-2/h13-14H,3-12H2,1-2H3. The molecule has 0 atom stereocenters. The Morgan fingerprint density at radius 2 is 2.00 bits per heavy atom. The van der Waals surface area contributed by atoms with Gasteiger partial charge in [-0.05, 0) is 58.3 Å². The molecule has 1 heterocycles. The Hall–Kier alpha value is -0.120. The number of unbranched alkanes of at least 4 members (excludes halogenated alkanes) is 1. The predicted molar refractivity (Wildman–Crippen MR) is 68.9 cm³/mol. The number of methoxy groups -OCH3 is 1. The summed E-state index contributed by atoms with van der Waals surface area (Å²) in [7, 11) is 1.77. The second-order valence-corrected chi connectivity index (χ2v) is 4.77. The number of piperidine rings is 1. The van der Waals surface area contributed by atoms with Crippen LogP contribution in [-0.2, 0) is 4.74 Å². The quantitative estimate of drug-likeness (QED) is 0.642. The molecule has 0 unspecified atom stereocenters. The van der Waals surface area contributed by atoms with Gasteiger partial charge in [-0.1, -0.05) is 6.92 Å². The summed E-state index contributed by atoms with van der Waals surface area (Å²) in [5.41, 5.74) is 0. The van der Waals surface area contributed by atoms with Crippen molar-refractivity contribution in [3.05, 3.63) is 0 Å². The summed E-state index contributed by atoms with van der Waals surface area (Å²) in [5.74, 6) is 0. The molecule has 0 bridgehead atoms. The molecule has 0 saturated carbocycles. The Labute approximate surface area is 101 Å². The van der Waals surface area contributed by atoms with Gasteiger partial charge >= 0.3 is 0 Å². The van der Waals surface area contributed by atoms with Crippen LogP contribution in [0, 0.1) is 0 Å². The number of likely N-dealkylation sites (tertiary alicyclic amines) is 1. The molecule has 0 amide bonds. The Kier molecular flexibility index (Phi) is 7.81. The van der Waals surface area contributed by atoms with Gasteiger partial charge in [-0.2, -0.15) is 0 Å². The van der Waals surface area contributed by atoms with E-state index in [4.69, 9.17) is 4.74 Å². The molecule has 1 fully saturated rings. The van der Waals surface area contributed by atoms with E-state index in [-0.39, 0.29) is 0 Å².